The van der Waals surface area contributed by atoms with Gasteiger partial charge in [0.25, 0.3) is 11.5 Å². The highest BCUT2D eigenvalue weighted by atomic mass is 19.1. The van der Waals surface area contributed by atoms with Gasteiger partial charge < -0.3 is 15.0 Å². The van der Waals surface area contributed by atoms with Gasteiger partial charge >= 0.3 is 0 Å². The van der Waals surface area contributed by atoms with Crippen molar-refractivity contribution < 1.29 is 13.9 Å². The van der Waals surface area contributed by atoms with Gasteiger partial charge in [0.05, 0.1) is 12.7 Å². The fraction of sp³-hybridized carbons (Fsp3) is 0.250. The van der Waals surface area contributed by atoms with Crippen LogP contribution in [-0.2, 0) is 0 Å². The first-order valence-corrected chi connectivity index (χ1v) is 6.91. The molecule has 1 aromatic heterocycles. The lowest BCUT2D eigenvalue weighted by atomic mass is 10.1. The minimum Gasteiger partial charge on any atom is -0.496 e. The number of carbonyl (C=O) groups excluding carboxylic acids is 1. The van der Waals surface area contributed by atoms with E-state index >= 15 is 0 Å². The van der Waals surface area contributed by atoms with Crippen molar-refractivity contribution >= 4 is 5.91 Å². The van der Waals surface area contributed by atoms with E-state index in [1.165, 1.54) is 31.5 Å². The lowest BCUT2D eigenvalue weighted by Gasteiger charge is -2.08. The molecule has 0 spiro atoms. The number of halogens is 1. The summed E-state index contributed by atoms with van der Waals surface area (Å²) in [7, 11) is 1.40. The zero-order valence-electron chi connectivity index (χ0n) is 11.9. The largest absolute Gasteiger partial charge is 0.496 e. The van der Waals surface area contributed by atoms with Gasteiger partial charge in [-0.15, -0.1) is 0 Å². The summed E-state index contributed by atoms with van der Waals surface area (Å²) in [6.45, 7) is 0. The molecule has 1 aliphatic carbocycles. The molecule has 2 atom stereocenters. The molecule has 6 heteroatoms. The maximum absolute atomic E-state index is 13.2. The Kier molecular flexibility index (Phi) is 3.66. The number of hydrogen-bond acceptors (Lipinski definition) is 3. The molecular weight excluding hydrogens is 287 g/mol. The van der Waals surface area contributed by atoms with Crippen molar-refractivity contribution in [2.45, 2.75) is 18.4 Å². The number of carbonyl (C=O) groups is 1. The van der Waals surface area contributed by atoms with Crippen LogP contribution in [0.15, 0.2) is 41.3 Å². The highest BCUT2D eigenvalue weighted by Crippen LogP contribution is 2.41. The number of pyridine rings is 1. The number of benzene rings is 1. The van der Waals surface area contributed by atoms with Crippen LogP contribution in [0.25, 0.3) is 0 Å². The Hall–Kier alpha value is -2.63. The smallest absolute Gasteiger partial charge is 0.256 e. The van der Waals surface area contributed by atoms with Crippen molar-refractivity contribution in [3.8, 4) is 5.75 Å². The van der Waals surface area contributed by atoms with Gasteiger partial charge in [-0.1, -0.05) is 12.1 Å². The van der Waals surface area contributed by atoms with E-state index in [0.717, 1.165) is 12.0 Å². The van der Waals surface area contributed by atoms with Crippen molar-refractivity contribution in [2.75, 3.05) is 7.11 Å². The third-order valence-electron chi connectivity index (χ3n) is 3.73. The Bertz CT molecular complexity index is 772. The van der Waals surface area contributed by atoms with Gasteiger partial charge in [-0.05, 0) is 24.1 Å². The summed E-state index contributed by atoms with van der Waals surface area (Å²) in [4.78, 5) is 25.9. The summed E-state index contributed by atoms with van der Waals surface area (Å²) in [5, 5.41) is 2.87. The number of aromatic amines is 1. The Morgan fingerprint density at radius 1 is 1.41 bits per heavy atom. The van der Waals surface area contributed by atoms with Crippen molar-refractivity contribution in [3.05, 3.63) is 63.8 Å². The predicted molar refractivity (Wildman–Crippen MR) is 78.6 cm³/mol. The van der Waals surface area contributed by atoms with Crippen LogP contribution in [0.2, 0.25) is 0 Å². The highest BCUT2D eigenvalue weighted by molar-refractivity contribution is 5.97. The molecular formula is C16H15FN2O3. The van der Waals surface area contributed by atoms with Crippen LogP contribution >= 0.6 is 0 Å². The summed E-state index contributed by atoms with van der Waals surface area (Å²) < 4.78 is 18.3. The summed E-state index contributed by atoms with van der Waals surface area (Å²) in [6.07, 6.45) is 2.09. The van der Waals surface area contributed by atoms with E-state index in [2.05, 4.69) is 10.3 Å². The standard InChI is InChI=1S/C16H15FN2O3/c1-22-14-7-15(20)18-8-12(14)16(21)19-13-6-11(13)9-3-2-4-10(17)5-9/h2-5,7-8,11,13H,6H2,1H3,(H,18,20)(H,19,21)/t11-,13+/m0/s1. The van der Waals surface area contributed by atoms with Gasteiger partial charge in [0.2, 0.25) is 0 Å². The Morgan fingerprint density at radius 2 is 2.23 bits per heavy atom. The van der Waals surface area contributed by atoms with E-state index in [-0.39, 0.29) is 40.6 Å². The van der Waals surface area contributed by atoms with Crippen LogP contribution in [0.3, 0.4) is 0 Å². The van der Waals surface area contributed by atoms with Crippen LogP contribution in [0, 0.1) is 5.82 Å². The third kappa shape index (κ3) is 2.86. The normalized spacial score (nSPS) is 19.5. The zero-order chi connectivity index (χ0) is 15.7. The Labute approximate surface area is 126 Å². The van der Waals surface area contributed by atoms with E-state index < -0.39 is 0 Å². The molecule has 1 aliphatic rings. The molecule has 5 nitrogen and oxygen atoms in total. The second kappa shape index (κ2) is 5.63. The number of aromatic nitrogens is 1. The number of amides is 1. The lowest BCUT2D eigenvalue weighted by Crippen LogP contribution is -2.27. The van der Waals surface area contributed by atoms with Crippen molar-refractivity contribution in [3.63, 3.8) is 0 Å². The van der Waals surface area contributed by atoms with Crippen molar-refractivity contribution in [1.82, 2.24) is 10.3 Å². The topological polar surface area (TPSA) is 71.2 Å². The molecule has 2 aromatic rings. The molecule has 0 aliphatic heterocycles. The second-order valence-electron chi connectivity index (χ2n) is 5.26. The molecule has 0 unspecified atom stereocenters. The van der Waals surface area contributed by atoms with E-state index in [0.29, 0.717) is 0 Å². The molecule has 3 rings (SSSR count). The number of H-pyrrole nitrogens is 1. The fourth-order valence-corrected chi connectivity index (χ4v) is 2.51. The van der Waals surface area contributed by atoms with Crippen molar-refractivity contribution in [1.29, 1.82) is 0 Å². The number of hydrogen-bond donors (Lipinski definition) is 2. The van der Waals surface area contributed by atoms with Crippen molar-refractivity contribution in [2.24, 2.45) is 0 Å². The average Bonchev–Trinajstić information content (AvgIpc) is 3.26. The first-order chi connectivity index (χ1) is 10.6. The zero-order valence-corrected chi connectivity index (χ0v) is 11.9. The SMILES string of the molecule is COc1cc(=O)[nH]cc1C(=O)N[C@@H]1C[C@H]1c1cccc(F)c1. The molecule has 0 saturated heterocycles. The van der Waals surface area contributed by atoms with Gasteiger partial charge in [0.15, 0.2) is 0 Å². The molecule has 1 saturated carbocycles. The maximum Gasteiger partial charge on any atom is 0.256 e. The number of methoxy groups -OCH3 is 1. The Morgan fingerprint density at radius 3 is 2.95 bits per heavy atom. The average molecular weight is 302 g/mol. The first kappa shape index (κ1) is 14.3. The summed E-state index contributed by atoms with van der Waals surface area (Å²) in [5.74, 6) is -0.258. The quantitative estimate of drug-likeness (QED) is 0.905. The summed E-state index contributed by atoms with van der Waals surface area (Å²) in [5.41, 5.74) is 0.809. The minimum atomic E-state index is -0.336. The number of nitrogens with one attached hydrogen (secondary N) is 2. The molecule has 22 heavy (non-hydrogen) atoms. The highest BCUT2D eigenvalue weighted by Gasteiger charge is 2.40. The van der Waals surface area contributed by atoms with E-state index in [1.807, 2.05) is 6.07 Å². The van der Waals surface area contributed by atoms with Gasteiger partial charge in [-0.25, -0.2) is 4.39 Å². The van der Waals surface area contributed by atoms with E-state index in [1.54, 1.807) is 6.07 Å². The van der Waals surface area contributed by atoms with E-state index in [9.17, 15) is 14.0 Å². The van der Waals surface area contributed by atoms with Crippen LogP contribution in [0.5, 0.6) is 5.75 Å². The van der Waals surface area contributed by atoms with Crippen LogP contribution in [-0.4, -0.2) is 24.0 Å². The molecule has 0 bridgehead atoms. The van der Waals surface area contributed by atoms with Gasteiger partial charge in [0.1, 0.15) is 11.6 Å². The summed E-state index contributed by atoms with van der Waals surface area (Å²) >= 11 is 0. The monoisotopic (exact) mass is 302 g/mol. The predicted octanol–water partition coefficient (Wildman–Crippen LogP) is 1.81. The molecule has 0 radical (unpaired) electrons. The Balaban J connectivity index is 1.70. The first-order valence-electron chi connectivity index (χ1n) is 6.91. The third-order valence-corrected chi connectivity index (χ3v) is 3.73. The molecule has 1 aromatic carbocycles. The fourth-order valence-electron chi connectivity index (χ4n) is 2.51. The van der Waals surface area contributed by atoms with Crippen LogP contribution in [0.4, 0.5) is 4.39 Å². The minimum absolute atomic E-state index is 0.0362. The van der Waals surface area contributed by atoms with Gasteiger partial charge in [-0.2, -0.15) is 0 Å². The lowest BCUT2D eigenvalue weighted by molar-refractivity contribution is 0.0947. The molecule has 114 valence electrons. The van der Waals surface area contributed by atoms with E-state index in [4.69, 9.17) is 4.74 Å². The summed E-state index contributed by atoms with van der Waals surface area (Å²) in [6, 6.07) is 7.58. The molecule has 2 N–H and O–H groups in total. The van der Waals surface area contributed by atoms with Crippen LogP contribution < -0.4 is 15.6 Å². The van der Waals surface area contributed by atoms with Crippen LogP contribution in [0.1, 0.15) is 28.3 Å². The van der Waals surface area contributed by atoms with Gasteiger partial charge in [0, 0.05) is 24.2 Å². The molecule has 1 heterocycles. The molecule has 1 amide bonds. The second-order valence-corrected chi connectivity index (χ2v) is 5.26. The number of rotatable bonds is 4. The number of ether oxygens (including phenoxy) is 1. The van der Waals surface area contributed by atoms with Gasteiger partial charge in [-0.3, -0.25) is 9.59 Å². The molecule has 1 fully saturated rings. The maximum atomic E-state index is 13.2.